The van der Waals surface area contributed by atoms with Crippen molar-refractivity contribution in [2.75, 3.05) is 33.4 Å². The van der Waals surface area contributed by atoms with Gasteiger partial charge in [-0.3, -0.25) is 4.79 Å². The van der Waals surface area contributed by atoms with E-state index in [2.05, 4.69) is 51.6 Å². The number of nitrogens with zero attached hydrogens (tertiary/aromatic N) is 2. The van der Waals surface area contributed by atoms with Gasteiger partial charge in [0.05, 0.1) is 18.0 Å². The summed E-state index contributed by atoms with van der Waals surface area (Å²) in [7, 11) is 1.70. The van der Waals surface area contributed by atoms with E-state index in [1.54, 1.807) is 12.0 Å². The number of likely N-dealkylation sites (tertiary alicyclic amines) is 1. The number of nitrogens with one attached hydrogen (secondary N) is 2. The molecule has 1 aliphatic heterocycles. The molecule has 1 aromatic heterocycles. The van der Waals surface area contributed by atoms with Crippen molar-refractivity contribution in [3.63, 3.8) is 0 Å². The molecule has 0 bridgehead atoms. The van der Waals surface area contributed by atoms with Crippen LogP contribution < -0.4 is 5.32 Å². The first kappa shape index (κ1) is 35.6. The molecule has 0 radical (unpaired) electrons. The number of carbonyl (C=O) groups is 3. The first-order valence-corrected chi connectivity index (χ1v) is 18.6. The fourth-order valence-electron chi connectivity index (χ4n) is 8.08. The van der Waals surface area contributed by atoms with E-state index < -0.39 is 29.7 Å². The first-order chi connectivity index (χ1) is 25.1. The summed E-state index contributed by atoms with van der Waals surface area (Å²) in [6.07, 6.45) is 4.72. The van der Waals surface area contributed by atoms with E-state index in [0.717, 1.165) is 64.4 Å². The van der Waals surface area contributed by atoms with Crippen LogP contribution in [0, 0.1) is 5.92 Å². The van der Waals surface area contributed by atoms with Gasteiger partial charge >= 0.3 is 12.2 Å². The van der Waals surface area contributed by atoms with Crippen molar-refractivity contribution in [3.8, 4) is 11.1 Å². The molecule has 274 valence electrons. The molecule has 2 N–H and O–H groups in total. The number of fused-ring (bicyclic) bond motifs is 4. The molecule has 4 aromatic rings. The molecule has 10 nitrogen and oxygen atoms in total. The maximum Gasteiger partial charge on any atom is 0.409 e. The lowest BCUT2D eigenvalue weighted by Crippen LogP contribution is -2.56. The van der Waals surface area contributed by atoms with Gasteiger partial charge in [-0.15, -0.1) is 0 Å². The summed E-state index contributed by atoms with van der Waals surface area (Å²) in [5.41, 5.74) is 5.98. The lowest BCUT2D eigenvalue weighted by atomic mass is 9.91. The van der Waals surface area contributed by atoms with Crippen LogP contribution in [0.1, 0.15) is 81.5 Å². The third kappa shape index (κ3) is 7.67. The second-order valence-electron chi connectivity index (χ2n) is 15.4. The van der Waals surface area contributed by atoms with E-state index in [0.29, 0.717) is 13.0 Å². The monoisotopic (exact) mass is 706 g/mol. The van der Waals surface area contributed by atoms with Gasteiger partial charge in [0.2, 0.25) is 5.91 Å². The largest absolute Gasteiger partial charge is 0.448 e. The average molecular weight is 707 g/mol. The second kappa shape index (κ2) is 15.0. The highest BCUT2D eigenvalue weighted by molar-refractivity contribution is 5.86. The van der Waals surface area contributed by atoms with Crippen LogP contribution in [0.3, 0.4) is 0 Å². The van der Waals surface area contributed by atoms with Crippen molar-refractivity contribution in [1.82, 2.24) is 20.1 Å². The maximum atomic E-state index is 14.9. The summed E-state index contributed by atoms with van der Waals surface area (Å²) in [5, 5.41) is 4.07. The van der Waals surface area contributed by atoms with Gasteiger partial charge in [0, 0.05) is 55.9 Å². The molecule has 52 heavy (non-hydrogen) atoms. The highest BCUT2D eigenvalue weighted by Gasteiger charge is 2.44. The summed E-state index contributed by atoms with van der Waals surface area (Å²) < 4.78 is 17.1. The maximum absolute atomic E-state index is 14.9. The second-order valence-corrected chi connectivity index (χ2v) is 15.4. The molecule has 10 heteroatoms. The number of methoxy groups -OCH3 is 1. The minimum absolute atomic E-state index is 0.0117. The number of alkyl carbamates (subject to hydrolysis) is 1. The molecule has 0 spiro atoms. The van der Waals surface area contributed by atoms with Crippen molar-refractivity contribution >= 4 is 29.0 Å². The van der Waals surface area contributed by atoms with Crippen LogP contribution in [-0.4, -0.2) is 84.0 Å². The number of ether oxygens (including phenoxy) is 3. The van der Waals surface area contributed by atoms with E-state index in [1.165, 1.54) is 0 Å². The molecule has 2 heterocycles. The zero-order chi connectivity index (χ0) is 36.4. The summed E-state index contributed by atoms with van der Waals surface area (Å²) in [6, 6.07) is 24.1. The van der Waals surface area contributed by atoms with Gasteiger partial charge in [0.15, 0.2) is 0 Å². The summed E-state index contributed by atoms with van der Waals surface area (Å²) in [5.74, 6) is -0.657. The molecule has 1 saturated carbocycles. The van der Waals surface area contributed by atoms with E-state index in [9.17, 15) is 14.4 Å². The normalized spacial score (nSPS) is 19.1. The lowest BCUT2D eigenvalue weighted by molar-refractivity contribution is -0.141. The highest BCUT2D eigenvalue weighted by atomic mass is 16.6. The van der Waals surface area contributed by atoms with Crippen molar-refractivity contribution < 1.29 is 28.6 Å². The topological polar surface area (TPSA) is 113 Å². The lowest BCUT2D eigenvalue weighted by Gasteiger charge is -2.41. The number of rotatable bonds is 11. The SMILES string of the molecule is COCCCC(c1c[nH]c2ccccc12)N(C(=O)[C@H]1C[C@@H](NC(=O)OC(C)(C)C)CN(C(=O)OCC2c3ccccc3-c3ccccc32)C1)C1CC1. The quantitative estimate of drug-likeness (QED) is 0.154. The van der Waals surface area contributed by atoms with E-state index >= 15 is 0 Å². The summed E-state index contributed by atoms with van der Waals surface area (Å²) in [4.78, 5) is 49.0. The van der Waals surface area contributed by atoms with Crippen LogP contribution >= 0.6 is 0 Å². The molecule has 2 aliphatic carbocycles. The molecule has 1 saturated heterocycles. The van der Waals surface area contributed by atoms with Gasteiger partial charge < -0.3 is 34.3 Å². The number of benzene rings is 3. The third-order valence-corrected chi connectivity index (χ3v) is 10.5. The van der Waals surface area contributed by atoms with Crippen molar-refractivity contribution in [2.24, 2.45) is 5.92 Å². The number of aromatic nitrogens is 1. The number of H-pyrrole nitrogens is 1. The van der Waals surface area contributed by atoms with Crippen LogP contribution in [0.2, 0.25) is 0 Å². The Morgan fingerprint density at radius 2 is 1.62 bits per heavy atom. The number of hydrogen-bond acceptors (Lipinski definition) is 6. The zero-order valence-corrected chi connectivity index (χ0v) is 30.6. The Hall–Kier alpha value is -4.83. The van der Waals surface area contributed by atoms with E-state index in [4.69, 9.17) is 14.2 Å². The predicted molar refractivity (Wildman–Crippen MR) is 200 cm³/mol. The number of hydrogen-bond donors (Lipinski definition) is 2. The third-order valence-electron chi connectivity index (χ3n) is 10.5. The van der Waals surface area contributed by atoms with Crippen LogP contribution in [-0.2, 0) is 19.0 Å². The zero-order valence-electron chi connectivity index (χ0n) is 30.6. The molecular weight excluding hydrogens is 656 g/mol. The average Bonchev–Trinajstić information content (AvgIpc) is 3.79. The van der Waals surface area contributed by atoms with Crippen LogP contribution in [0.4, 0.5) is 9.59 Å². The number of carbonyl (C=O) groups excluding carboxylic acids is 3. The molecule has 3 amide bonds. The molecule has 1 unspecified atom stereocenters. The van der Waals surface area contributed by atoms with Gasteiger partial charge in [-0.05, 0) is 86.8 Å². The Balaban J connectivity index is 1.14. The van der Waals surface area contributed by atoms with Gasteiger partial charge in [0.25, 0.3) is 0 Å². The number of para-hydroxylation sites is 1. The molecular formula is C42H50N4O6. The predicted octanol–water partition coefficient (Wildman–Crippen LogP) is 7.79. The van der Waals surface area contributed by atoms with Gasteiger partial charge in [0.1, 0.15) is 12.2 Å². The van der Waals surface area contributed by atoms with E-state index in [-0.39, 0.29) is 43.6 Å². The minimum atomic E-state index is -0.696. The van der Waals surface area contributed by atoms with Crippen LogP contribution in [0.15, 0.2) is 79.0 Å². The van der Waals surface area contributed by atoms with Crippen molar-refractivity contribution in [2.45, 2.75) is 82.5 Å². The molecule has 7 rings (SSSR count). The molecule has 3 aliphatic rings. The van der Waals surface area contributed by atoms with E-state index in [1.807, 2.05) is 63.4 Å². The molecule has 3 aromatic carbocycles. The number of amides is 3. The number of aromatic amines is 1. The first-order valence-electron chi connectivity index (χ1n) is 18.6. The number of piperidine rings is 1. The highest BCUT2D eigenvalue weighted by Crippen LogP contribution is 2.45. The Morgan fingerprint density at radius 1 is 0.942 bits per heavy atom. The van der Waals surface area contributed by atoms with Gasteiger partial charge in [-0.1, -0.05) is 66.7 Å². The van der Waals surface area contributed by atoms with Crippen molar-refractivity contribution in [1.29, 1.82) is 0 Å². The fraction of sp³-hybridized carbons (Fsp3) is 0.452. The molecule has 2 fully saturated rings. The smallest absolute Gasteiger partial charge is 0.409 e. The van der Waals surface area contributed by atoms with Gasteiger partial charge in [-0.25, -0.2) is 9.59 Å². The van der Waals surface area contributed by atoms with Crippen LogP contribution in [0.5, 0.6) is 0 Å². The minimum Gasteiger partial charge on any atom is -0.448 e. The summed E-state index contributed by atoms with van der Waals surface area (Å²) >= 11 is 0. The molecule has 3 atom stereocenters. The standard InChI is InChI=1S/C42H50N4O6/c1-42(2,3)52-40(48)44-28-22-27(24-45(25-28)41(49)51-26-36-32-14-7-5-12-30(32)31-13-6-8-15-33(31)36)39(47)46(29-19-20-29)38(18-11-21-50-4)35-23-43-37-17-10-9-16-34(35)37/h5-10,12-17,23,27-29,36,38,43H,11,18-22,24-26H2,1-4H3,(H,44,48)/t27-,28+,38?/m0/s1. The van der Waals surface area contributed by atoms with Crippen molar-refractivity contribution in [3.05, 3.63) is 95.7 Å². The Morgan fingerprint density at radius 3 is 2.29 bits per heavy atom. The fourth-order valence-corrected chi connectivity index (χ4v) is 8.08. The Kier molecular flexibility index (Phi) is 10.3. The van der Waals surface area contributed by atoms with Gasteiger partial charge in [-0.2, -0.15) is 0 Å². The Labute approximate surface area is 305 Å². The summed E-state index contributed by atoms with van der Waals surface area (Å²) in [6.45, 7) is 6.60. The van der Waals surface area contributed by atoms with Crippen LogP contribution in [0.25, 0.3) is 22.0 Å². The Bertz CT molecular complexity index is 1870.